The first-order valence-electron chi connectivity index (χ1n) is 10.7. The Bertz CT molecular complexity index is 873. The van der Waals surface area contributed by atoms with Crippen LogP contribution in [0.15, 0.2) is 24.3 Å². The maximum absolute atomic E-state index is 12.6. The molecule has 0 aliphatic heterocycles. The van der Waals surface area contributed by atoms with Gasteiger partial charge in [0, 0.05) is 50.1 Å². The van der Waals surface area contributed by atoms with E-state index in [-0.39, 0.29) is 5.91 Å². The van der Waals surface area contributed by atoms with Crippen LogP contribution < -0.4 is 25.0 Å². The molecule has 1 saturated carbocycles. The van der Waals surface area contributed by atoms with Crippen LogP contribution in [0.1, 0.15) is 41.7 Å². The molecule has 2 aromatic rings. The Labute approximate surface area is 184 Å². The second-order valence-electron chi connectivity index (χ2n) is 8.26. The molecular formula is C23H33N5O3. The summed E-state index contributed by atoms with van der Waals surface area (Å²) in [6.45, 7) is 2.65. The van der Waals surface area contributed by atoms with Crippen LogP contribution in [0.25, 0.3) is 0 Å². The minimum atomic E-state index is -0.109. The van der Waals surface area contributed by atoms with E-state index in [0.717, 1.165) is 37.2 Å². The molecule has 168 valence electrons. The number of methoxy groups -OCH3 is 2. The Morgan fingerprint density at radius 2 is 1.68 bits per heavy atom. The van der Waals surface area contributed by atoms with Crippen LogP contribution in [0.4, 0.5) is 11.8 Å². The van der Waals surface area contributed by atoms with Crippen LogP contribution in [0.2, 0.25) is 0 Å². The standard InChI is InChI=1S/C23H33N5O3/c1-15-10-21(28(2)3)27-23(25-15)26-18-8-6-16(7-9-18)14-24-22(29)17-11-19(30-4)13-20(12-17)31-5/h10-13,16,18H,6-9,14H2,1-5H3,(H,24,29)(H,25,26,27). The van der Waals surface area contributed by atoms with E-state index in [1.165, 1.54) is 0 Å². The smallest absolute Gasteiger partial charge is 0.251 e. The second-order valence-corrected chi connectivity index (χ2v) is 8.26. The highest BCUT2D eigenvalue weighted by atomic mass is 16.5. The van der Waals surface area contributed by atoms with Crippen molar-refractivity contribution < 1.29 is 14.3 Å². The molecule has 0 spiro atoms. The van der Waals surface area contributed by atoms with Gasteiger partial charge >= 0.3 is 0 Å². The summed E-state index contributed by atoms with van der Waals surface area (Å²) in [5.41, 5.74) is 1.49. The van der Waals surface area contributed by atoms with Gasteiger partial charge in [0.05, 0.1) is 14.2 Å². The molecule has 31 heavy (non-hydrogen) atoms. The van der Waals surface area contributed by atoms with Crippen molar-refractivity contribution in [3.8, 4) is 11.5 Å². The predicted molar refractivity (Wildman–Crippen MR) is 122 cm³/mol. The van der Waals surface area contributed by atoms with Gasteiger partial charge in [-0.3, -0.25) is 4.79 Å². The summed E-state index contributed by atoms with van der Waals surface area (Å²) in [4.78, 5) is 23.7. The summed E-state index contributed by atoms with van der Waals surface area (Å²) < 4.78 is 10.5. The highest BCUT2D eigenvalue weighted by Crippen LogP contribution is 2.27. The number of nitrogens with zero attached hydrogens (tertiary/aromatic N) is 3. The lowest BCUT2D eigenvalue weighted by Gasteiger charge is -2.29. The normalized spacial score (nSPS) is 18.2. The van der Waals surface area contributed by atoms with Crippen LogP contribution in [0, 0.1) is 12.8 Å². The van der Waals surface area contributed by atoms with Crippen molar-refractivity contribution in [2.24, 2.45) is 5.92 Å². The van der Waals surface area contributed by atoms with E-state index >= 15 is 0 Å². The molecule has 1 amide bonds. The predicted octanol–water partition coefficient (Wildman–Crippen LogP) is 3.27. The molecular weight excluding hydrogens is 394 g/mol. The van der Waals surface area contributed by atoms with E-state index in [0.29, 0.717) is 41.5 Å². The molecule has 1 aliphatic rings. The molecule has 1 aliphatic carbocycles. The minimum Gasteiger partial charge on any atom is -0.497 e. The van der Waals surface area contributed by atoms with Crippen LogP contribution >= 0.6 is 0 Å². The van der Waals surface area contributed by atoms with E-state index in [1.807, 2.05) is 32.0 Å². The van der Waals surface area contributed by atoms with E-state index in [1.54, 1.807) is 32.4 Å². The van der Waals surface area contributed by atoms with Gasteiger partial charge in [0.15, 0.2) is 0 Å². The number of hydrogen-bond acceptors (Lipinski definition) is 7. The zero-order valence-electron chi connectivity index (χ0n) is 19.1. The summed E-state index contributed by atoms with van der Waals surface area (Å²) in [7, 11) is 7.11. The van der Waals surface area contributed by atoms with Gasteiger partial charge in [0.2, 0.25) is 5.95 Å². The molecule has 1 heterocycles. The maximum atomic E-state index is 12.6. The molecule has 1 aromatic carbocycles. The third-order valence-electron chi connectivity index (χ3n) is 5.64. The Kier molecular flexibility index (Phi) is 7.55. The van der Waals surface area contributed by atoms with Gasteiger partial charge < -0.3 is 25.0 Å². The lowest BCUT2D eigenvalue weighted by Crippen LogP contribution is -2.34. The number of benzene rings is 1. The van der Waals surface area contributed by atoms with Crippen molar-refractivity contribution in [1.29, 1.82) is 0 Å². The largest absolute Gasteiger partial charge is 0.497 e. The fourth-order valence-corrected chi connectivity index (χ4v) is 3.82. The number of nitrogens with one attached hydrogen (secondary N) is 2. The van der Waals surface area contributed by atoms with E-state index in [4.69, 9.17) is 9.47 Å². The maximum Gasteiger partial charge on any atom is 0.251 e. The highest BCUT2D eigenvalue weighted by molar-refractivity contribution is 5.95. The van der Waals surface area contributed by atoms with E-state index in [2.05, 4.69) is 20.6 Å². The number of aromatic nitrogens is 2. The lowest BCUT2D eigenvalue weighted by atomic mass is 9.86. The Morgan fingerprint density at radius 1 is 1.03 bits per heavy atom. The topological polar surface area (TPSA) is 88.6 Å². The monoisotopic (exact) mass is 427 g/mol. The number of carbonyl (C=O) groups excluding carboxylic acids is 1. The number of amides is 1. The number of anilines is 2. The van der Waals surface area contributed by atoms with Crippen molar-refractivity contribution in [1.82, 2.24) is 15.3 Å². The van der Waals surface area contributed by atoms with Crippen molar-refractivity contribution >= 4 is 17.7 Å². The van der Waals surface area contributed by atoms with Gasteiger partial charge in [-0.25, -0.2) is 4.98 Å². The zero-order valence-corrected chi connectivity index (χ0v) is 19.1. The first-order chi connectivity index (χ1) is 14.9. The van der Waals surface area contributed by atoms with Gasteiger partial charge in [-0.15, -0.1) is 0 Å². The molecule has 0 unspecified atom stereocenters. The van der Waals surface area contributed by atoms with Crippen molar-refractivity contribution in [3.05, 3.63) is 35.5 Å². The third-order valence-corrected chi connectivity index (χ3v) is 5.64. The highest BCUT2D eigenvalue weighted by Gasteiger charge is 2.23. The van der Waals surface area contributed by atoms with Crippen LogP contribution in [-0.4, -0.2) is 56.8 Å². The van der Waals surface area contributed by atoms with Crippen LogP contribution in [0.3, 0.4) is 0 Å². The van der Waals surface area contributed by atoms with Crippen LogP contribution in [-0.2, 0) is 0 Å². The third kappa shape index (κ3) is 6.23. The molecule has 8 nitrogen and oxygen atoms in total. The number of aryl methyl sites for hydroxylation is 1. The number of carbonyl (C=O) groups is 1. The molecule has 0 radical (unpaired) electrons. The number of ether oxygens (including phenoxy) is 2. The molecule has 3 rings (SSSR count). The van der Waals surface area contributed by atoms with Gasteiger partial charge in [0.25, 0.3) is 5.91 Å². The number of hydrogen-bond donors (Lipinski definition) is 2. The average Bonchev–Trinajstić information content (AvgIpc) is 2.77. The Morgan fingerprint density at radius 3 is 2.26 bits per heavy atom. The molecule has 0 atom stereocenters. The molecule has 1 aromatic heterocycles. The zero-order chi connectivity index (χ0) is 22.4. The van der Waals surface area contributed by atoms with Crippen molar-refractivity contribution in [2.45, 2.75) is 38.6 Å². The molecule has 1 fully saturated rings. The first kappa shape index (κ1) is 22.7. The first-order valence-corrected chi connectivity index (χ1v) is 10.7. The summed E-state index contributed by atoms with van der Waals surface area (Å²) in [6, 6.07) is 7.53. The number of rotatable bonds is 8. The van der Waals surface area contributed by atoms with Gasteiger partial charge in [-0.2, -0.15) is 4.98 Å². The van der Waals surface area contributed by atoms with Crippen molar-refractivity contribution in [2.75, 3.05) is 45.1 Å². The van der Waals surface area contributed by atoms with Gasteiger partial charge in [0.1, 0.15) is 17.3 Å². The summed E-state index contributed by atoms with van der Waals surface area (Å²) in [5, 5.41) is 6.55. The summed E-state index contributed by atoms with van der Waals surface area (Å²) >= 11 is 0. The molecule has 0 bridgehead atoms. The van der Waals surface area contributed by atoms with Gasteiger partial charge in [-0.1, -0.05) is 0 Å². The average molecular weight is 428 g/mol. The summed E-state index contributed by atoms with van der Waals surface area (Å²) in [6.07, 6.45) is 4.15. The SMILES string of the molecule is COc1cc(OC)cc(C(=O)NCC2CCC(Nc3nc(C)cc(N(C)C)n3)CC2)c1. The molecule has 8 heteroatoms. The fraction of sp³-hybridized carbons (Fsp3) is 0.522. The Balaban J connectivity index is 1.49. The summed E-state index contributed by atoms with van der Waals surface area (Å²) in [5.74, 6) is 3.15. The molecule has 2 N–H and O–H groups in total. The quantitative estimate of drug-likeness (QED) is 0.668. The van der Waals surface area contributed by atoms with Crippen molar-refractivity contribution in [3.63, 3.8) is 0 Å². The second kappa shape index (κ2) is 10.3. The molecule has 0 saturated heterocycles. The van der Waals surface area contributed by atoms with E-state index < -0.39 is 0 Å². The lowest BCUT2D eigenvalue weighted by molar-refractivity contribution is 0.0942. The van der Waals surface area contributed by atoms with E-state index in [9.17, 15) is 4.79 Å². The van der Waals surface area contributed by atoms with Crippen LogP contribution in [0.5, 0.6) is 11.5 Å². The Hall–Kier alpha value is -3.03. The van der Waals surface area contributed by atoms with Gasteiger partial charge in [-0.05, 0) is 50.7 Å². The fourth-order valence-electron chi connectivity index (χ4n) is 3.82. The minimum absolute atomic E-state index is 0.109.